The Morgan fingerprint density at radius 3 is 2.16 bits per heavy atom. The molecule has 1 saturated heterocycles. The Kier molecular flexibility index (Phi) is 12.3. The van der Waals surface area contributed by atoms with Crippen molar-refractivity contribution >= 4 is 39.2 Å². The van der Waals surface area contributed by atoms with Gasteiger partial charge in [0.05, 0.1) is 10.6 Å². The van der Waals surface area contributed by atoms with E-state index in [1.165, 1.54) is 22.5 Å². The van der Waals surface area contributed by atoms with Crippen molar-refractivity contribution in [1.82, 2.24) is 9.21 Å². The molecule has 1 heterocycles. The van der Waals surface area contributed by atoms with Crippen molar-refractivity contribution in [1.29, 1.82) is 0 Å². The Morgan fingerprint density at radius 1 is 0.973 bits per heavy atom. The predicted octanol–water partition coefficient (Wildman–Crippen LogP) is 1.66. The highest BCUT2D eigenvalue weighted by Gasteiger charge is 2.28. The molecule has 2 aromatic carbocycles. The highest BCUT2D eigenvalue weighted by atomic mass is 35.5. The summed E-state index contributed by atoms with van der Waals surface area (Å²) < 4.78 is 33.2. The van der Waals surface area contributed by atoms with Crippen LogP contribution in [0.2, 0.25) is 5.02 Å². The maximum atomic E-state index is 13.2. The minimum atomic E-state index is -3.81. The first-order valence-electron chi connectivity index (χ1n) is 12.4. The highest BCUT2D eigenvalue weighted by molar-refractivity contribution is 7.89. The molecule has 1 amide bonds. The average Bonchev–Trinajstić information content (AvgIpc) is 3.17. The second-order valence-corrected chi connectivity index (χ2v) is 11.0. The van der Waals surface area contributed by atoms with E-state index in [9.17, 15) is 18.0 Å². The summed E-state index contributed by atoms with van der Waals surface area (Å²) in [5.74, 6) is -0.908. The third kappa shape index (κ3) is 8.41. The van der Waals surface area contributed by atoms with Crippen LogP contribution in [0, 0.1) is 0 Å². The predicted molar refractivity (Wildman–Crippen MR) is 141 cm³/mol. The monoisotopic (exact) mass is 570 g/mol. The molecule has 8 nitrogen and oxygen atoms in total. The van der Waals surface area contributed by atoms with Crippen LogP contribution in [0.25, 0.3) is 0 Å². The van der Waals surface area contributed by atoms with Crippen molar-refractivity contribution in [2.24, 2.45) is 0 Å². The van der Waals surface area contributed by atoms with E-state index in [0.717, 1.165) is 38.8 Å². The van der Waals surface area contributed by atoms with Crippen LogP contribution in [0.5, 0.6) is 0 Å². The van der Waals surface area contributed by atoms with E-state index in [4.69, 9.17) is 16.3 Å². The first-order valence-corrected chi connectivity index (χ1v) is 14.2. The number of carbonyl (C=O) groups excluding carboxylic acids is 2. The molecule has 1 aliphatic rings. The molecule has 1 N–H and O–H groups in total. The lowest BCUT2D eigenvalue weighted by Gasteiger charge is -2.21. The lowest BCUT2D eigenvalue weighted by molar-refractivity contribution is -0.0000359. The van der Waals surface area contributed by atoms with Gasteiger partial charge in [-0.05, 0) is 68.4 Å². The number of hydrogen-bond donors (Lipinski definition) is 1. The van der Waals surface area contributed by atoms with Crippen molar-refractivity contribution in [2.45, 2.75) is 44.4 Å². The third-order valence-corrected chi connectivity index (χ3v) is 8.67. The number of halogens is 2. The molecule has 0 unspecified atom stereocenters. The molecular formula is C26H34Cl2N3O5S-. The molecule has 37 heavy (non-hydrogen) atoms. The summed E-state index contributed by atoms with van der Waals surface area (Å²) in [6, 6.07) is 10.6. The minimum absolute atomic E-state index is 0. The topological polar surface area (TPSA) is 96.0 Å². The van der Waals surface area contributed by atoms with E-state index in [2.05, 4.69) is 24.1 Å². The number of nitrogens with zero attached hydrogens (tertiary/aromatic N) is 2. The Balaban J connectivity index is 0.00000481. The van der Waals surface area contributed by atoms with E-state index >= 15 is 0 Å². The zero-order valence-electron chi connectivity index (χ0n) is 21.2. The number of amides is 1. The summed E-state index contributed by atoms with van der Waals surface area (Å²) in [6.45, 7) is 7.75. The Bertz CT molecular complexity index is 1150. The van der Waals surface area contributed by atoms with Crippen LogP contribution in [0.3, 0.4) is 0 Å². The summed E-state index contributed by atoms with van der Waals surface area (Å²) in [7, 11) is -3.81. The van der Waals surface area contributed by atoms with Crippen LogP contribution in [0.15, 0.2) is 47.4 Å². The fourth-order valence-electron chi connectivity index (χ4n) is 4.05. The summed E-state index contributed by atoms with van der Waals surface area (Å²) in [4.78, 5) is 27.2. The minimum Gasteiger partial charge on any atom is -1.00 e. The van der Waals surface area contributed by atoms with Crippen molar-refractivity contribution in [3.63, 3.8) is 0 Å². The third-order valence-electron chi connectivity index (χ3n) is 6.29. The van der Waals surface area contributed by atoms with E-state index < -0.39 is 21.9 Å². The first kappa shape index (κ1) is 31.1. The molecular weight excluding hydrogens is 537 g/mol. The fraction of sp³-hybridized carbons (Fsp3) is 0.462. The van der Waals surface area contributed by atoms with Crippen LogP contribution in [0.1, 0.15) is 60.2 Å². The maximum absolute atomic E-state index is 13.2. The number of sulfonamides is 1. The van der Waals surface area contributed by atoms with Crippen LogP contribution in [-0.4, -0.2) is 68.8 Å². The molecule has 204 valence electrons. The molecule has 3 rings (SSSR count). The van der Waals surface area contributed by atoms with Gasteiger partial charge < -0.3 is 27.4 Å². The lowest BCUT2D eigenvalue weighted by atomic mass is 10.2. The maximum Gasteiger partial charge on any atom is 0.338 e. The number of rotatable bonds is 10. The summed E-state index contributed by atoms with van der Waals surface area (Å²) in [5.41, 5.74) is 1.02. The number of hydrogen-bond acceptors (Lipinski definition) is 6. The van der Waals surface area contributed by atoms with Crippen LogP contribution >= 0.6 is 11.6 Å². The van der Waals surface area contributed by atoms with Crippen LogP contribution in [0.4, 0.5) is 5.69 Å². The summed E-state index contributed by atoms with van der Waals surface area (Å²) >= 11 is 6.24. The van der Waals surface area contributed by atoms with E-state index in [0.29, 0.717) is 37.5 Å². The van der Waals surface area contributed by atoms with Gasteiger partial charge in [0.15, 0.2) is 0 Å². The van der Waals surface area contributed by atoms with Gasteiger partial charge in [-0.3, -0.25) is 4.79 Å². The molecule has 0 bridgehead atoms. The molecule has 2 aromatic rings. The molecule has 0 radical (unpaired) electrons. The summed E-state index contributed by atoms with van der Waals surface area (Å²) in [6.07, 6.45) is 3.59. The van der Waals surface area contributed by atoms with Gasteiger partial charge in [-0.2, -0.15) is 4.31 Å². The van der Waals surface area contributed by atoms with Crippen LogP contribution in [-0.2, 0) is 14.8 Å². The Hall–Kier alpha value is -2.17. The van der Waals surface area contributed by atoms with Crippen molar-refractivity contribution in [3.8, 4) is 0 Å². The normalized spacial score (nSPS) is 14.5. The largest absolute Gasteiger partial charge is 1.00 e. The lowest BCUT2D eigenvalue weighted by Crippen LogP contribution is -3.00. The molecule has 0 saturated carbocycles. The number of esters is 1. The second kappa shape index (κ2) is 14.7. The van der Waals surface area contributed by atoms with E-state index in [1.807, 2.05) is 0 Å². The summed E-state index contributed by atoms with van der Waals surface area (Å²) in [5, 5.41) is 2.82. The molecule has 11 heteroatoms. The molecule has 0 spiro atoms. The van der Waals surface area contributed by atoms with Crippen molar-refractivity contribution in [3.05, 3.63) is 58.6 Å². The first-order chi connectivity index (χ1) is 17.3. The number of benzene rings is 2. The Labute approximate surface area is 230 Å². The van der Waals surface area contributed by atoms with Crippen LogP contribution < -0.4 is 17.7 Å². The van der Waals surface area contributed by atoms with Crippen molar-refractivity contribution < 1.29 is 35.2 Å². The molecule has 0 atom stereocenters. The van der Waals surface area contributed by atoms with E-state index in [-0.39, 0.29) is 27.9 Å². The number of nitrogens with one attached hydrogen (secondary N) is 1. The van der Waals surface area contributed by atoms with Gasteiger partial charge in [-0.25, -0.2) is 13.2 Å². The Morgan fingerprint density at radius 2 is 1.57 bits per heavy atom. The number of ether oxygens (including phenoxy) is 1. The molecule has 1 fully saturated rings. The molecule has 1 aliphatic heterocycles. The second-order valence-electron chi connectivity index (χ2n) is 8.66. The van der Waals surface area contributed by atoms with Gasteiger partial charge >= 0.3 is 5.97 Å². The van der Waals surface area contributed by atoms with Gasteiger partial charge in [0.2, 0.25) is 10.0 Å². The highest BCUT2D eigenvalue weighted by Crippen LogP contribution is 2.28. The average molecular weight is 572 g/mol. The van der Waals surface area contributed by atoms with Gasteiger partial charge in [-0.15, -0.1) is 0 Å². The molecule has 0 aliphatic carbocycles. The van der Waals surface area contributed by atoms with Gasteiger partial charge in [0.25, 0.3) is 5.91 Å². The van der Waals surface area contributed by atoms with Crippen molar-refractivity contribution in [2.75, 3.05) is 44.6 Å². The number of likely N-dealkylation sites (N-methyl/N-ethyl adjacent to an activating group) is 1. The fourth-order valence-corrected chi connectivity index (χ4v) is 6.06. The SMILES string of the molecule is CCN(CC)CCOC(=O)c1ccc(NC(=O)c2ccc(Cl)c(S(=O)(=O)N3CCCCCC3)c2)cc1.[Cl-]. The van der Waals surface area contributed by atoms with Gasteiger partial charge in [-0.1, -0.05) is 38.3 Å². The van der Waals surface area contributed by atoms with Gasteiger partial charge in [0, 0.05) is 30.9 Å². The smallest absolute Gasteiger partial charge is 0.338 e. The number of carbonyl (C=O) groups is 2. The number of anilines is 1. The molecule has 0 aromatic heterocycles. The van der Waals surface area contributed by atoms with Gasteiger partial charge in [0.1, 0.15) is 11.5 Å². The van der Waals surface area contributed by atoms with E-state index in [1.54, 1.807) is 24.3 Å². The quantitative estimate of drug-likeness (QED) is 0.436. The standard InChI is InChI=1S/C26H34ClN3O5S.ClH/c1-3-29(4-2)17-18-35-26(32)20-9-12-22(13-10-20)28-25(31)21-11-14-23(27)24(19-21)36(33,34)30-15-7-5-6-8-16-30;/h9-14,19H,3-8,15-18H2,1-2H3,(H,28,31);1H/p-1. The zero-order chi connectivity index (χ0) is 26.1. The zero-order valence-corrected chi connectivity index (χ0v) is 23.5.